The molecule has 3 rings (SSSR count). The van der Waals surface area contributed by atoms with Crippen LogP contribution in [0, 0.1) is 5.82 Å². The third-order valence-corrected chi connectivity index (χ3v) is 4.18. The lowest BCUT2D eigenvalue weighted by Gasteiger charge is -2.14. The molecule has 2 aromatic carbocycles. The van der Waals surface area contributed by atoms with E-state index >= 15 is 0 Å². The number of nitrogens with zero attached hydrogens (tertiary/aromatic N) is 2. The van der Waals surface area contributed by atoms with E-state index in [4.69, 9.17) is 16.3 Å². The molecule has 0 aliphatic carbocycles. The minimum Gasteiger partial charge on any atom is -0.437 e. The van der Waals surface area contributed by atoms with E-state index in [1.54, 1.807) is 18.5 Å². The lowest BCUT2D eigenvalue weighted by Crippen LogP contribution is -2.24. The van der Waals surface area contributed by atoms with Crippen LogP contribution in [0.5, 0.6) is 11.6 Å². The summed E-state index contributed by atoms with van der Waals surface area (Å²) in [5, 5.41) is 3.10. The quantitative estimate of drug-likeness (QED) is 0.597. The molecule has 142 valence electrons. The molecule has 7 heteroatoms. The van der Waals surface area contributed by atoms with E-state index in [9.17, 15) is 9.18 Å². The third kappa shape index (κ3) is 5.37. The lowest BCUT2D eigenvalue weighted by atomic mass is 10.1. The first-order chi connectivity index (χ1) is 13.5. The first-order valence-corrected chi connectivity index (χ1v) is 8.86. The van der Waals surface area contributed by atoms with Gasteiger partial charge in [0, 0.05) is 18.5 Å². The van der Waals surface area contributed by atoms with Gasteiger partial charge in [0.25, 0.3) is 0 Å². The van der Waals surface area contributed by atoms with Crippen molar-refractivity contribution >= 4 is 23.6 Å². The fourth-order valence-corrected chi connectivity index (χ4v) is 2.68. The van der Waals surface area contributed by atoms with Crippen LogP contribution in [0.15, 0.2) is 67.1 Å². The number of rotatable bonds is 6. The summed E-state index contributed by atoms with van der Waals surface area (Å²) >= 11 is 5.95. The molecular formula is C21H17ClFN3O2. The Bertz CT molecular complexity index is 996. The average Bonchev–Trinajstić information content (AvgIpc) is 2.68. The molecule has 1 N–H and O–H groups in total. The molecule has 0 fully saturated rings. The van der Waals surface area contributed by atoms with E-state index in [1.807, 2.05) is 25.1 Å². The smallest absolute Gasteiger partial charge is 0.244 e. The summed E-state index contributed by atoms with van der Waals surface area (Å²) in [6, 6.07) is 11.1. The van der Waals surface area contributed by atoms with Gasteiger partial charge < -0.3 is 10.1 Å². The van der Waals surface area contributed by atoms with Crippen LogP contribution in [0.4, 0.5) is 4.39 Å². The number of halogens is 2. The highest BCUT2D eigenvalue weighted by Gasteiger charge is 2.09. The summed E-state index contributed by atoms with van der Waals surface area (Å²) < 4.78 is 18.7. The van der Waals surface area contributed by atoms with Gasteiger partial charge in [0.05, 0.1) is 17.3 Å². The molecule has 1 atom stereocenters. The van der Waals surface area contributed by atoms with E-state index in [1.165, 1.54) is 36.5 Å². The van der Waals surface area contributed by atoms with Crippen molar-refractivity contribution < 1.29 is 13.9 Å². The molecule has 0 aliphatic rings. The molecule has 0 saturated carbocycles. The van der Waals surface area contributed by atoms with Crippen LogP contribution in [-0.2, 0) is 4.79 Å². The topological polar surface area (TPSA) is 64.1 Å². The second kappa shape index (κ2) is 9.10. The summed E-state index contributed by atoms with van der Waals surface area (Å²) in [7, 11) is 0. The van der Waals surface area contributed by atoms with Crippen LogP contribution in [-0.4, -0.2) is 15.9 Å². The van der Waals surface area contributed by atoms with Crippen molar-refractivity contribution in [2.75, 3.05) is 0 Å². The lowest BCUT2D eigenvalue weighted by molar-refractivity contribution is -0.117. The van der Waals surface area contributed by atoms with Crippen LogP contribution >= 0.6 is 11.6 Å². The molecule has 5 nitrogen and oxygen atoms in total. The number of hydrogen-bond acceptors (Lipinski definition) is 4. The zero-order valence-electron chi connectivity index (χ0n) is 15.0. The fourth-order valence-electron chi connectivity index (χ4n) is 2.45. The summed E-state index contributed by atoms with van der Waals surface area (Å²) in [5.41, 5.74) is 1.42. The van der Waals surface area contributed by atoms with Gasteiger partial charge in [0.15, 0.2) is 0 Å². The SMILES string of the molecule is C[C@H](NC(=O)C=Cc1ccc(F)cc1Cl)c1cccc(Oc2cnccn2)c1. The van der Waals surface area contributed by atoms with Crippen LogP contribution in [0.3, 0.4) is 0 Å². The molecule has 3 aromatic rings. The first kappa shape index (κ1) is 19.5. The van der Waals surface area contributed by atoms with Crippen molar-refractivity contribution in [2.45, 2.75) is 13.0 Å². The summed E-state index contributed by atoms with van der Waals surface area (Å²) in [6.07, 6.45) is 7.52. The Morgan fingerprint density at radius 3 is 2.86 bits per heavy atom. The van der Waals surface area contributed by atoms with Gasteiger partial charge in [0.2, 0.25) is 11.8 Å². The summed E-state index contributed by atoms with van der Waals surface area (Å²) in [4.78, 5) is 20.2. The number of amides is 1. The maximum atomic E-state index is 13.1. The number of carbonyl (C=O) groups excluding carboxylic acids is 1. The van der Waals surface area contributed by atoms with Gasteiger partial charge in [0.1, 0.15) is 11.6 Å². The normalized spacial score (nSPS) is 12.0. The van der Waals surface area contributed by atoms with Crippen LogP contribution in [0.1, 0.15) is 24.1 Å². The van der Waals surface area contributed by atoms with Crippen molar-refractivity contribution in [1.82, 2.24) is 15.3 Å². The third-order valence-electron chi connectivity index (χ3n) is 3.86. The Hall–Kier alpha value is -3.25. The molecular weight excluding hydrogens is 381 g/mol. The van der Waals surface area contributed by atoms with Gasteiger partial charge in [-0.2, -0.15) is 0 Å². The Labute approximate surface area is 166 Å². The fraction of sp³-hybridized carbons (Fsp3) is 0.0952. The molecule has 1 aromatic heterocycles. The van der Waals surface area contributed by atoms with E-state index in [0.29, 0.717) is 17.2 Å². The van der Waals surface area contributed by atoms with Crippen molar-refractivity contribution in [3.05, 3.63) is 89.1 Å². The minimum absolute atomic E-state index is 0.242. The van der Waals surface area contributed by atoms with Gasteiger partial charge in [-0.1, -0.05) is 29.8 Å². The molecule has 0 unspecified atom stereocenters. The zero-order chi connectivity index (χ0) is 19.9. The Morgan fingerprint density at radius 1 is 1.25 bits per heavy atom. The van der Waals surface area contributed by atoms with Gasteiger partial charge in [-0.05, 0) is 48.4 Å². The average molecular weight is 398 g/mol. The number of aromatic nitrogens is 2. The van der Waals surface area contributed by atoms with E-state index in [0.717, 1.165) is 5.56 Å². The predicted octanol–water partition coefficient (Wildman–Crippen LogP) is 4.95. The van der Waals surface area contributed by atoms with Crippen LogP contribution in [0.25, 0.3) is 6.08 Å². The maximum absolute atomic E-state index is 13.1. The van der Waals surface area contributed by atoms with E-state index in [-0.39, 0.29) is 17.0 Å². The second-order valence-corrected chi connectivity index (χ2v) is 6.35. The number of benzene rings is 2. The van der Waals surface area contributed by atoms with Crippen molar-refractivity contribution in [1.29, 1.82) is 0 Å². The van der Waals surface area contributed by atoms with Crippen molar-refractivity contribution in [3.63, 3.8) is 0 Å². The second-order valence-electron chi connectivity index (χ2n) is 5.95. The van der Waals surface area contributed by atoms with Crippen LogP contribution < -0.4 is 10.1 Å². The number of hydrogen-bond donors (Lipinski definition) is 1. The highest BCUT2D eigenvalue weighted by Crippen LogP contribution is 2.23. The zero-order valence-corrected chi connectivity index (χ0v) is 15.7. The first-order valence-electron chi connectivity index (χ1n) is 8.49. The molecule has 0 radical (unpaired) electrons. The van der Waals surface area contributed by atoms with Gasteiger partial charge >= 0.3 is 0 Å². The van der Waals surface area contributed by atoms with Crippen LogP contribution in [0.2, 0.25) is 5.02 Å². The number of nitrogens with one attached hydrogen (secondary N) is 1. The molecule has 0 bridgehead atoms. The molecule has 28 heavy (non-hydrogen) atoms. The summed E-state index contributed by atoms with van der Waals surface area (Å²) in [5.74, 6) is 0.250. The van der Waals surface area contributed by atoms with E-state index < -0.39 is 5.82 Å². The molecule has 0 aliphatic heterocycles. The molecule has 1 heterocycles. The van der Waals surface area contributed by atoms with Gasteiger partial charge in [-0.15, -0.1) is 0 Å². The summed E-state index contributed by atoms with van der Waals surface area (Å²) in [6.45, 7) is 1.86. The number of ether oxygens (including phenoxy) is 1. The highest BCUT2D eigenvalue weighted by atomic mass is 35.5. The van der Waals surface area contributed by atoms with Gasteiger partial charge in [-0.25, -0.2) is 9.37 Å². The van der Waals surface area contributed by atoms with E-state index in [2.05, 4.69) is 15.3 Å². The number of carbonyl (C=O) groups is 1. The molecule has 1 amide bonds. The molecule has 0 spiro atoms. The molecule has 0 saturated heterocycles. The maximum Gasteiger partial charge on any atom is 0.244 e. The Balaban J connectivity index is 1.63. The standard InChI is InChI=1S/C21H17ClFN3O2/c1-14(26-20(27)8-6-15-5-7-17(23)12-19(15)22)16-3-2-4-18(11-16)28-21-13-24-9-10-25-21/h2-14H,1H3,(H,26,27)/t14-/m0/s1. The Kier molecular flexibility index (Phi) is 6.34. The van der Waals surface area contributed by atoms with Crippen molar-refractivity contribution in [2.24, 2.45) is 0 Å². The predicted molar refractivity (Wildman–Crippen MR) is 106 cm³/mol. The highest BCUT2D eigenvalue weighted by molar-refractivity contribution is 6.32. The monoisotopic (exact) mass is 397 g/mol. The minimum atomic E-state index is -0.427. The largest absolute Gasteiger partial charge is 0.437 e. The van der Waals surface area contributed by atoms with Crippen molar-refractivity contribution in [3.8, 4) is 11.6 Å². The Morgan fingerprint density at radius 2 is 2.11 bits per heavy atom. The van der Waals surface area contributed by atoms with Gasteiger partial charge in [-0.3, -0.25) is 9.78 Å².